The molecule has 0 bridgehead atoms. The van der Waals surface area contributed by atoms with Crippen molar-refractivity contribution in [2.75, 3.05) is 5.32 Å². The Morgan fingerprint density at radius 3 is 2.67 bits per heavy atom. The highest BCUT2D eigenvalue weighted by molar-refractivity contribution is 7.99. The topological polar surface area (TPSA) is 76.9 Å². The van der Waals surface area contributed by atoms with Gasteiger partial charge in [-0.25, -0.2) is 9.97 Å². The first-order valence-electron chi connectivity index (χ1n) is 11.5. The van der Waals surface area contributed by atoms with Gasteiger partial charge in [0, 0.05) is 16.3 Å². The summed E-state index contributed by atoms with van der Waals surface area (Å²) < 4.78 is 1.51. The fraction of sp³-hybridized carbons (Fsp3) is 0.440. The third-order valence-electron chi connectivity index (χ3n) is 6.02. The second kappa shape index (κ2) is 10.7. The van der Waals surface area contributed by atoms with Crippen LogP contribution in [-0.4, -0.2) is 25.7 Å². The van der Waals surface area contributed by atoms with Gasteiger partial charge >= 0.3 is 0 Å². The van der Waals surface area contributed by atoms with Crippen LogP contribution in [0.2, 0.25) is 5.02 Å². The lowest BCUT2D eigenvalue weighted by molar-refractivity contribution is -0.120. The zero-order valence-corrected chi connectivity index (χ0v) is 20.5. The molecule has 0 aliphatic heterocycles. The molecule has 2 heterocycles. The maximum Gasteiger partial charge on any atom is 0.261 e. The second-order valence-corrected chi connectivity index (χ2v) is 11.0. The smallest absolute Gasteiger partial charge is 0.261 e. The van der Waals surface area contributed by atoms with Crippen molar-refractivity contribution in [3.63, 3.8) is 0 Å². The molecule has 174 valence electrons. The van der Waals surface area contributed by atoms with Crippen molar-refractivity contribution >= 4 is 46.0 Å². The van der Waals surface area contributed by atoms with Gasteiger partial charge in [-0.1, -0.05) is 57.6 Å². The molecule has 0 radical (unpaired) electrons. The van der Waals surface area contributed by atoms with E-state index in [1.165, 1.54) is 36.4 Å². The highest BCUT2D eigenvalue weighted by Crippen LogP contribution is 2.31. The Kier molecular flexibility index (Phi) is 7.71. The molecule has 1 aliphatic carbocycles. The van der Waals surface area contributed by atoms with Gasteiger partial charge in [0.05, 0.1) is 22.3 Å². The third kappa shape index (κ3) is 5.95. The molecule has 8 heteroatoms. The molecule has 1 amide bonds. The molecule has 3 aromatic rings. The number of carbonyl (C=O) groups excluding carboxylic acids is 1. The van der Waals surface area contributed by atoms with Crippen LogP contribution < -0.4 is 10.9 Å². The number of aromatic nitrogens is 3. The highest BCUT2D eigenvalue weighted by atomic mass is 35.5. The van der Waals surface area contributed by atoms with Gasteiger partial charge in [-0.05, 0) is 42.7 Å². The molecular formula is C25H29ClN4O2S. The Labute approximate surface area is 203 Å². The van der Waals surface area contributed by atoms with Gasteiger partial charge in [0.15, 0.2) is 0 Å². The number of anilines is 1. The van der Waals surface area contributed by atoms with E-state index in [9.17, 15) is 9.59 Å². The van der Waals surface area contributed by atoms with Gasteiger partial charge in [0.1, 0.15) is 11.9 Å². The minimum absolute atomic E-state index is 0.189. The normalized spacial score (nSPS) is 15.6. The summed E-state index contributed by atoms with van der Waals surface area (Å²) in [6, 6.07) is 8.44. The molecule has 0 saturated heterocycles. The number of hydrogen-bond donors (Lipinski definition) is 1. The van der Waals surface area contributed by atoms with Crippen LogP contribution >= 0.6 is 23.4 Å². The number of rotatable bonds is 7. The van der Waals surface area contributed by atoms with E-state index < -0.39 is 6.04 Å². The summed E-state index contributed by atoms with van der Waals surface area (Å²) in [5.74, 6) is 0.555. The maximum absolute atomic E-state index is 13.6. The molecule has 1 atom stereocenters. The Morgan fingerprint density at radius 1 is 1.18 bits per heavy atom. The number of thioether (sulfide) groups is 1. The molecule has 6 nitrogen and oxygen atoms in total. The summed E-state index contributed by atoms with van der Waals surface area (Å²) >= 11 is 7.62. The fourth-order valence-corrected chi connectivity index (χ4v) is 5.42. The van der Waals surface area contributed by atoms with Crippen LogP contribution in [0.5, 0.6) is 0 Å². The number of nitrogens with one attached hydrogen (secondary N) is 1. The van der Waals surface area contributed by atoms with Crippen molar-refractivity contribution in [2.45, 2.75) is 68.6 Å². The maximum atomic E-state index is 13.6. The molecule has 2 aromatic heterocycles. The first-order valence-corrected chi connectivity index (χ1v) is 12.8. The lowest BCUT2D eigenvalue weighted by Gasteiger charge is -2.27. The third-order valence-corrected chi connectivity index (χ3v) is 7.25. The first kappa shape index (κ1) is 23.8. The Hall–Kier alpha value is -2.38. The highest BCUT2D eigenvalue weighted by Gasteiger charge is 2.28. The minimum Gasteiger partial charge on any atom is -0.309 e. The van der Waals surface area contributed by atoms with E-state index in [2.05, 4.69) is 29.1 Å². The predicted molar refractivity (Wildman–Crippen MR) is 135 cm³/mol. The summed E-state index contributed by atoms with van der Waals surface area (Å²) in [5, 5.41) is 4.30. The van der Waals surface area contributed by atoms with Crippen LogP contribution in [0.25, 0.3) is 10.9 Å². The predicted octanol–water partition coefficient (Wildman–Crippen LogP) is 6.10. The fourth-order valence-electron chi connectivity index (χ4n) is 4.43. The van der Waals surface area contributed by atoms with Crippen molar-refractivity contribution < 1.29 is 4.79 Å². The first-order chi connectivity index (χ1) is 15.9. The van der Waals surface area contributed by atoms with Gasteiger partial charge in [-0.3, -0.25) is 14.2 Å². The van der Waals surface area contributed by atoms with Crippen molar-refractivity contribution in [1.29, 1.82) is 0 Å². The molecule has 33 heavy (non-hydrogen) atoms. The number of nitrogens with zero attached hydrogens (tertiary/aromatic N) is 3. The van der Waals surface area contributed by atoms with Gasteiger partial charge < -0.3 is 5.32 Å². The van der Waals surface area contributed by atoms with E-state index in [4.69, 9.17) is 11.6 Å². The standard InChI is InChI=1S/C25H29ClN4O2S/c1-16(2)33-19-9-10-21-20(13-19)25(32)30(15-28-21)22(12-17-6-4-3-5-7-17)24(31)29-23-11-8-18(26)14-27-23/h8-11,13-17,22H,3-7,12H2,1-2H3,(H,27,29,31). The van der Waals surface area contributed by atoms with Gasteiger partial charge in [0.2, 0.25) is 5.91 Å². The summed E-state index contributed by atoms with van der Waals surface area (Å²) in [6.45, 7) is 4.23. The van der Waals surface area contributed by atoms with E-state index in [1.807, 2.05) is 18.2 Å². The van der Waals surface area contributed by atoms with Crippen LogP contribution in [0.3, 0.4) is 0 Å². The van der Waals surface area contributed by atoms with E-state index in [-0.39, 0.29) is 11.5 Å². The number of pyridine rings is 1. The molecule has 1 saturated carbocycles. The molecule has 0 spiro atoms. The quantitative estimate of drug-likeness (QED) is 0.410. The van der Waals surface area contributed by atoms with Crippen LogP contribution in [0.15, 0.2) is 52.5 Å². The van der Waals surface area contributed by atoms with Crippen LogP contribution in [-0.2, 0) is 4.79 Å². The monoisotopic (exact) mass is 484 g/mol. The van der Waals surface area contributed by atoms with Gasteiger partial charge in [-0.15, -0.1) is 11.8 Å². The molecule has 1 fully saturated rings. The summed E-state index contributed by atoms with van der Waals surface area (Å²) in [7, 11) is 0. The molecular weight excluding hydrogens is 456 g/mol. The number of benzene rings is 1. The lowest BCUT2D eigenvalue weighted by atomic mass is 9.84. The van der Waals surface area contributed by atoms with Crippen LogP contribution in [0.1, 0.15) is 58.4 Å². The summed E-state index contributed by atoms with van der Waals surface area (Å²) in [5.41, 5.74) is 0.451. The van der Waals surface area contributed by atoms with Crippen molar-refractivity contribution in [3.8, 4) is 0 Å². The average Bonchev–Trinajstić information content (AvgIpc) is 2.80. The van der Waals surface area contributed by atoms with E-state index in [1.54, 1.807) is 23.9 Å². The molecule has 1 aromatic carbocycles. The SMILES string of the molecule is CC(C)Sc1ccc2ncn(C(CC3CCCCC3)C(=O)Nc3ccc(Cl)cn3)c(=O)c2c1. The zero-order chi connectivity index (χ0) is 23.4. The van der Waals surface area contributed by atoms with E-state index in [0.717, 1.165) is 17.7 Å². The van der Waals surface area contributed by atoms with Crippen molar-refractivity contribution in [3.05, 3.63) is 58.2 Å². The number of fused-ring (bicyclic) bond motifs is 1. The summed E-state index contributed by atoms with van der Waals surface area (Å²) in [4.78, 5) is 36.7. The molecule has 1 unspecified atom stereocenters. The van der Waals surface area contributed by atoms with Gasteiger partial charge in [0.25, 0.3) is 5.56 Å². The average molecular weight is 485 g/mol. The molecule has 1 aliphatic rings. The Balaban J connectivity index is 1.70. The van der Waals surface area contributed by atoms with Crippen LogP contribution in [0.4, 0.5) is 5.82 Å². The number of amides is 1. The van der Waals surface area contributed by atoms with Gasteiger partial charge in [-0.2, -0.15) is 0 Å². The summed E-state index contributed by atoms with van der Waals surface area (Å²) in [6.07, 6.45) is 9.33. The Morgan fingerprint density at radius 2 is 1.97 bits per heavy atom. The van der Waals surface area contributed by atoms with Crippen LogP contribution in [0, 0.1) is 5.92 Å². The van der Waals surface area contributed by atoms with E-state index in [0.29, 0.717) is 39.3 Å². The van der Waals surface area contributed by atoms with E-state index >= 15 is 0 Å². The number of halogens is 1. The van der Waals surface area contributed by atoms with Crippen molar-refractivity contribution in [1.82, 2.24) is 14.5 Å². The molecule has 1 N–H and O–H groups in total. The lowest BCUT2D eigenvalue weighted by Crippen LogP contribution is -2.35. The van der Waals surface area contributed by atoms with Crippen molar-refractivity contribution in [2.24, 2.45) is 5.92 Å². The number of hydrogen-bond acceptors (Lipinski definition) is 5. The molecule has 4 rings (SSSR count). The second-order valence-electron chi connectivity index (χ2n) is 8.91. The largest absolute Gasteiger partial charge is 0.309 e. The zero-order valence-electron chi connectivity index (χ0n) is 19.0. The number of carbonyl (C=O) groups is 1. The Bertz CT molecular complexity index is 1170. The minimum atomic E-state index is -0.656.